The molecule has 15 heavy (non-hydrogen) atoms. The Labute approximate surface area is 92.7 Å². The molecule has 0 aromatic rings. The van der Waals surface area contributed by atoms with Gasteiger partial charge in [0.2, 0.25) is 0 Å². The minimum Gasteiger partial charge on any atom is -0.396 e. The number of hydrogen-bond donors (Lipinski definition) is 1. The molecule has 0 radical (unpaired) electrons. The van der Waals surface area contributed by atoms with Gasteiger partial charge in [-0.25, -0.2) is 0 Å². The first-order valence-electron chi connectivity index (χ1n) is 6.59. The van der Waals surface area contributed by atoms with E-state index in [4.69, 9.17) is 0 Å². The van der Waals surface area contributed by atoms with Gasteiger partial charge in [-0.2, -0.15) is 0 Å². The molecule has 2 nitrogen and oxygen atoms in total. The van der Waals surface area contributed by atoms with E-state index < -0.39 is 0 Å². The number of aliphatic hydroxyl groups is 1. The third kappa shape index (κ3) is 1.62. The summed E-state index contributed by atoms with van der Waals surface area (Å²) in [6, 6.07) is 0. The summed E-state index contributed by atoms with van der Waals surface area (Å²) in [6.07, 6.45) is 9.57. The minimum atomic E-state index is 0.283. The molecule has 1 spiro atoms. The summed E-state index contributed by atoms with van der Waals surface area (Å²) in [6.45, 7) is 4.24. The second kappa shape index (κ2) is 3.46. The van der Waals surface area contributed by atoms with Crippen LogP contribution in [0, 0.1) is 10.8 Å². The predicted octanol–water partition coefficient (Wildman–Crippen LogP) is 2.02. The first-order chi connectivity index (χ1) is 7.26. The zero-order valence-corrected chi connectivity index (χ0v) is 9.67. The van der Waals surface area contributed by atoms with E-state index in [1.165, 1.54) is 64.6 Å². The Balaban J connectivity index is 1.53. The zero-order valence-electron chi connectivity index (χ0n) is 9.67. The van der Waals surface area contributed by atoms with Gasteiger partial charge in [-0.05, 0) is 31.1 Å². The van der Waals surface area contributed by atoms with Crippen LogP contribution in [0.1, 0.15) is 44.9 Å². The lowest BCUT2D eigenvalue weighted by molar-refractivity contribution is -0.0841. The maximum Gasteiger partial charge on any atom is 0.0499 e. The highest BCUT2D eigenvalue weighted by Crippen LogP contribution is 2.50. The Bertz CT molecular complexity index is 233. The van der Waals surface area contributed by atoms with Crippen molar-refractivity contribution in [1.82, 2.24) is 4.90 Å². The van der Waals surface area contributed by atoms with Crippen molar-refractivity contribution in [3.05, 3.63) is 0 Å². The van der Waals surface area contributed by atoms with Crippen molar-refractivity contribution in [3.8, 4) is 0 Å². The van der Waals surface area contributed by atoms with E-state index in [2.05, 4.69) is 4.90 Å². The lowest BCUT2D eigenvalue weighted by Gasteiger charge is -2.57. The van der Waals surface area contributed by atoms with Crippen LogP contribution in [-0.4, -0.2) is 36.2 Å². The molecule has 3 rings (SSSR count). The van der Waals surface area contributed by atoms with Crippen molar-refractivity contribution in [1.29, 1.82) is 0 Å². The third-order valence-corrected chi connectivity index (χ3v) is 5.09. The molecular formula is C13H23NO. The van der Waals surface area contributed by atoms with Gasteiger partial charge in [0.1, 0.15) is 0 Å². The highest BCUT2D eigenvalue weighted by atomic mass is 16.3. The molecule has 3 aliphatic rings. The van der Waals surface area contributed by atoms with Crippen molar-refractivity contribution in [2.75, 3.05) is 26.2 Å². The van der Waals surface area contributed by atoms with Gasteiger partial charge in [-0.1, -0.05) is 19.3 Å². The van der Waals surface area contributed by atoms with Crippen LogP contribution in [0.2, 0.25) is 0 Å². The number of aliphatic hydroxyl groups excluding tert-OH is 1. The molecule has 1 saturated heterocycles. The fourth-order valence-electron chi connectivity index (χ4n) is 3.97. The number of nitrogens with zero attached hydrogens (tertiary/aromatic N) is 1. The first kappa shape index (κ1) is 10.1. The van der Waals surface area contributed by atoms with Crippen molar-refractivity contribution in [2.45, 2.75) is 44.9 Å². The second-order valence-electron chi connectivity index (χ2n) is 6.36. The topological polar surface area (TPSA) is 23.5 Å². The van der Waals surface area contributed by atoms with Gasteiger partial charge in [0, 0.05) is 31.7 Å². The number of likely N-dealkylation sites (tertiary alicyclic amines) is 1. The van der Waals surface area contributed by atoms with Gasteiger partial charge >= 0.3 is 0 Å². The summed E-state index contributed by atoms with van der Waals surface area (Å²) in [5.74, 6) is 0. The Morgan fingerprint density at radius 2 is 1.60 bits per heavy atom. The largest absolute Gasteiger partial charge is 0.396 e. The standard InChI is InChI=1S/C13H23NO/c15-11-13(4-1-2-5-13)10-14-8-12(9-14)6-3-7-12/h15H,1-11H2. The Hall–Kier alpha value is -0.0800. The van der Waals surface area contributed by atoms with Crippen LogP contribution in [0.4, 0.5) is 0 Å². The van der Waals surface area contributed by atoms with Gasteiger partial charge in [-0.15, -0.1) is 0 Å². The fourth-order valence-corrected chi connectivity index (χ4v) is 3.97. The quantitative estimate of drug-likeness (QED) is 0.768. The van der Waals surface area contributed by atoms with Crippen LogP contribution < -0.4 is 0 Å². The molecule has 0 unspecified atom stereocenters. The summed E-state index contributed by atoms with van der Waals surface area (Å²) >= 11 is 0. The van der Waals surface area contributed by atoms with E-state index in [0.29, 0.717) is 6.61 Å². The van der Waals surface area contributed by atoms with Gasteiger partial charge in [0.05, 0.1) is 0 Å². The number of rotatable bonds is 3. The van der Waals surface area contributed by atoms with Gasteiger partial charge in [0.25, 0.3) is 0 Å². The summed E-state index contributed by atoms with van der Waals surface area (Å²) in [4.78, 5) is 2.60. The van der Waals surface area contributed by atoms with Crippen molar-refractivity contribution in [2.24, 2.45) is 10.8 Å². The summed E-state index contributed by atoms with van der Waals surface area (Å²) < 4.78 is 0. The van der Waals surface area contributed by atoms with Crippen molar-refractivity contribution >= 4 is 0 Å². The Kier molecular flexibility index (Phi) is 2.33. The van der Waals surface area contributed by atoms with Crippen molar-refractivity contribution < 1.29 is 5.11 Å². The lowest BCUT2D eigenvalue weighted by Crippen LogP contribution is -2.61. The molecule has 1 N–H and O–H groups in total. The summed E-state index contributed by atoms with van der Waals surface area (Å²) in [5, 5.41) is 9.56. The van der Waals surface area contributed by atoms with Gasteiger partial charge < -0.3 is 10.0 Å². The van der Waals surface area contributed by atoms with Crippen LogP contribution in [0.3, 0.4) is 0 Å². The SMILES string of the molecule is OCC1(CN2CC3(CCC3)C2)CCCC1. The molecule has 0 bridgehead atoms. The van der Waals surface area contributed by atoms with Gasteiger partial charge in [-0.3, -0.25) is 0 Å². The highest BCUT2D eigenvalue weighted by Gasteiger charge is 2.49. The molecule has 2 aliphatic carbocycles. The maximum absolute atomic E-state index is 9.56. The lowest BCUT2D eigenvalue weighted by atomic mass is 9.63. The fraction of sp³-hybridized carbons (Fsp3) is 1.00. The van der Waals surface area contributed by atoms with Crippen LogP contribution in [0.5, 0.6) is 0 Å². The second-order valence-corrected chi connectivity index (χ2v) is 6.36. The first-order valence-corrected chi connectivity index (χ1v) is 6.59. The molecule has 1 aliphatic heterocycles. The van der Waals surface area contributed by atoms with Crippen LogP contribution >= 0.6 is 0 Å². The predicted molar refractivity (Wildman–Crippen MR) is 60.7 cm³/mol. The molecule has 1 heterocycles. The molecular weight excluding hydrogens is 186 g/mol. The molecule has 3 fully saturated rings. The molecule has 2 heteroatoms. The average molecular weight is 209 g/mol. The molecule has 0 aromatic carbocycles. The van der Waals surface area contributed by atoms with E-state index in [1.54, 1.807) is 0 Å². The van der Waals surface area contributed by atoms with E-state index in [9.17, 15) is 5.11 Å². The summed E-state index contributed by atoms with van der Waals surface area (Å²) in [7, 11) is 0. The van der Waals surface area contributed by atoms with Crippen molar-refractivity contribution in [3.63, 3.8) is 0 Å². The Morgan fingerprint density at radius 1 is 0.933 bits per heavy atom. The normalized spacial score (nSPS) is 32.6. The van der Waals surface area contributed by atoms with E-state index in [0.717, 1.165) is 5.41 Å². The van der Waals surface area contributed by atoms with Crippen LogP contribution in [-0.2, 0) is 0 Å². The van der Waals surface area contributed by atoms with E-state index >= 15 is 0 Å². The number of hydrogen-bond acceptors (Lipinski definition) is 2. The average Bonchev–Trinajstić information content (AvgIpc) is 2.57. The Morgan fingerprint density at radius 3 is 2.07 bits per heavy atom. The molecule has 2 saturated carbocycles. The minimum absolute atomic E-state index is 0.283. The van der Waals surface area contributed by atoms with Gasteiger partial charge in [0.15, 0.2) is 0 Å². The monoisotopic (exact) mass is 209 g/mol. The zero-order chi connectivity index (χ0) is 10.4. The van der Waals surface area contributed by atoms with E-state index in [1.807, 2.05) is 0 Å². The molecule has 0 aromatic heterocycles. The maximum atomic E-state index is 9.56. The van der Waals surface area contributed by atoms with Crippen LogP contribution in [0.25, 0.3) is 0 Å². The van der Waals surface area contributed by atoms with Crippen LogP contribution in [0.15, 0.2) is 0 Å². The molecule has 0 atom stereocenters. The third-order valence-electron chi connectivity index (χ3n) is 5.09. The highest BCUT2D eigenvalue weighted by molar-refractivity contribution is 5.02. The molecule has 0 amide bonds. The smallest absolute Gasteiger partial charge is 0.0499 e. The van der Waals surface area contributed by atoms with E-state index in [-0.39, 0.29) is 5.41 Å². The molecule has 86 valence electrons. The summed E-state index contributed by atoms with van der Waals surface area (Å²) in [5.41, 5.74) is 1.03.